The van der Waals surface area contributed by atoms with E-state index in [1.165, 1.54) is 17.6 Å². The highest BCUT2D eigenvalue weighted by molar-refractivity contribution is 6.00. The minimum atomic E-state index is -0.589. The van der Waals surface area contributed by atoms with Crippen LogP contribution in [0.1, 0.15) is 120 Å². The molecule has 3 nitrogen and oxygen atoms in total. The highest BCUT2D eigenvalue weighted by Crippen LogP contribution is 2.71. The Kier molecular flexibility index (Phi) is 5.92. The molecule has 0 aromatic heterocycles. The van der Waals surface area contributed by atoms with Crippen molar-refractivity contribution in [2.45, 2.75) is 125 Å². The van der Waals surface area contributed by atoms with Gasteiger partial charge in [-0.25, -0.2) is 0 Å². The number of carbonyl (C=O) groups excluding carboxylic acids is 2. The van der Waals surface area contributed by atoms with Crippen molar-refractivity contribution in [1.82, 2.24) is 0 Å². The highest BCUT2D eigenvalue weighted by atomic mass is 16.3. The molecule has 0 amide bonds. The number of Topliss-reactive ketones (excluding diaryl/α,β-unsaturated/α-hetero) is 2. The summed E-state index contributed by atoms with van der Waals surface area (Å²) in [5.74, 6) is 2.06. The van der Waals surface area contributed by atoms with E-state index < -0.39 is 11.0 Å². The summed E-state index contributed by atoms with van der Waals surface area (Å²) in [4.78, 5) is 26.7. The summed E-state index contributed by atoms with van der Waals surface area (Å²) < 4.78 is 0. The lowest BCUT2D eigenvalue weighted by Crippen LogP contribution is -2.56. The highest BCUT2D eigenvalue weighted by Gasteiger charge is 2.65. The van der Waals surface area contributed by atoms with Crippen LogP contribution in [0.3, 0.4) is 0 Å². The van der Waals surface area contributed by atoms with Crippen molar-refractivity contribution in [3.8, 4) is 0 Å². The van der Waals surface area contributed by atoms with Crippen molar-refractivity contribution in [1.29, 1.82) is 0 Å². The van der Waals surface area contributed by atoms with Crippen LogP contribution in [0.2, 0.25) is 0 Å². The molecule has 186 valence electrons. The van der Waals surface area contributed by atoms with Gasteiger partial charge in [-0.05, 0) is 81.0 Å². The van der Waals surface area contributed by atoms with Crippen LogP contribution in [0.15, 0.2) is 11.1 Å². The molecule has 4 aliphatic rings. The van der Waals surface area contributed by atoms with Gasteiger partial charge in [-0.2, -0.15) is 0 Å². The van der Waals surface area contributed by atoms with Crippen LogP contribution in [-0.4, -0.2) is 22.3 Å². The smallest absolute Gasteiger partial charge is 0.159 e. The van der Waals surface area contributed by atoms with Crippen molar-refractivity contribution in [2.24, 2.45) is 39.4 Å². The third kappa shape index (κ3) is 3.62. The lowest BCUT2D eigenvalue weighted by Gasteiger charge is -2.60. The minimum absolute atomic E-state index is 0.0125. The number of aliphatic hydroxyl groups is 1. The fourth-order valence-electron chi connectivity index (χ4n) is 9.18. The third-order valence-corrected chi connectivity index (χ3v) is 11.5. The van der Waals surface area contributed by atoms with E-state index in [0.29, 0.717) is 36.2 Å². The van der Waals surface area contributed by atoms with Gasteiger partial charge >= 0.3 is 0 Å². The summed E-state index contributed by atoms with van der Waals surface area (Å²) in [7, 11) is 0. The number of fused-ring (bicyclic) bond motifs is 4. The molecular formula is C30H48O3. The molecule has 0 bridgehead atoms. The summed E-state index contributed by atoms with van der Waals surface area (Å²) in [6, 6.07) is 0. The molecule has 0 spiro atoms. The van der Waals surface area contributed by atoms with Crippen LogP contribution in [0.5, 0.6) is 0 Å². The first-order chi connectivity index (χ1) is 15.1. The molecule has 0 aromatic carbocycles. The Morgan fingerprint density at radius 2 is 1.70 bits per heavy atom. The number of ketones is 2. The van der Waals surface area contributed by atoms with Crippen molar-refractivity contribution in [3.05, 3.63) is 11.1 Å². The Balaban J connectivity index is 1.66. The predicted octanol–water partition coefficient (Wildman–Crippen LogP) is 7.06. The van der Waals surface area contributed by atoms with Crippen LogP contribution < -0.4 is 0 Å². The summed E-state index contributed by atoms with van der Waals surface area (Å²) in [6.07, 6.45) is 9.66. The van der Waals surface area contributed by atoms with Crippen LogP contribution in [-0.2, 0) is 9.59 Å². The molecule has 6 atom stereocenters. The van der Waals surface area contributed by atoms with Crippen molar-refractivity contribution >= 4 is 11.6 Å². The largest absolute Gasteiger partial charge is 0.390 e. The normalized spacial score (nSPS) is 41.5. The standard InChI is InChI=1S/C30H48O3/c1-19(10-9-14-26(2,3)33)20-11-17-30(8)25-21(12-16-29(20,30)7)28(6)15-13-24(32)27(4,5)23(28)18-22(25)31/h19-20,23,33H,9-18H2,1-8H3/t19-,20-,23?,28-,29-,30+/m0/s1. The molecule has 0 saturated heterocycles. The molecule has 2 saturated carbocycles. The molecule has 3 heteroatoms. The molecule has 1 N–H and O–H groups in total. The van der Waals surface area contributed by atoms with Crippen LogP contribution in [0.25, 0.3) is 0 Å². The second kappa shape index (κ2) is 7.77. The van der Waals surface area contributed by atoms with Crippen LogP contribution in [0, 0.1) is 39.4 Å². The first-order valence-electron chi connectivity index (χ1n) is 13.6. The summed E-state index contributed by atoms with van der Waals surface area (Å²) in [5, 5.41) is 10.1. The van der Waals surface area contributed by atoms with E-state index in [2.05, 4.69) is 41.5 Å². The Morgan fingerprint density at radius 3 is 2.33 bits per heavy atom. The lowest BCUT2D eigenvalue weighted by atomic mass is 9.43. The SMILES string of the molecule is C[C@@H](CCCC(C)(C)O)[C@@H]1CC[C@]2(C)C3=C(CC[C@@]12C)[C@]1(C)CCC(=O)C(C)(C)C1CC3=O. The lowest BCUT2D eigenvalue weighted by molar-refractivity contribution is -0.142. The third-order valence-electron chi connectivity index (χ3n) is 11.5. The van der Waals surface area contributed by atoms with Gasteiger partial charge in [0.25, 0.3) is 0 Å². The molecule has 1 unspecified atom stereocenters. The molecule has 2 fully saturated rings. The summed E-state index contributed by atoms with van der Waals surface area (Å²) >= 11 is 0. The van der Waals surface area contributed by atoms with E-state index in [9.17, 15) is 14.7 Å². The predicted molar refractivity (Wildman–Crippen MR) is 134 cm³/mol. The molecule has 4 aliphatic carbocycles. The average molecular weight is 457 g/mol. The van der Waals surface area contributed by atoms with E-state index in [-0.39, 0.29) is 22.2 Å². The molecule has 0 heterocycles. The van der Waals surface area contributed by atoms with Crippen LogP contribution >= 0.6 is 0 Å². The molecular weight excluding hydrogens is 408 g/mol. The van der Waals surface area contributed by atoms with Crippen molar-refractivity contribution in [2.75, 3.05) is 0 Å². The Labute approximate surface area is 202 Å². The first kappa shape index (κ1) is 25.1. The summed E-state index contributed by atoms with van der Waals surface area (Å²) in [6.45, 7) is 17.7. The fraction of sp³-hybridized carbons (Fsp3) is 0.867. The minimum Gasteiger partial charge on any atom is -0.390 e. The van der Waals surface area contributed by atoms with Crippen LogP contribution in [0.4, 0.5) is 0 Å². The maximum absolute atomic E-state index is 13.9. The number of allylic oxidation sites excluding steroid dienone is 2. The second-order valence-electron chi connectivity index (χ2n) is 14.2. The van der Waals surface area contributed by atoms with E-state index in [1.807, 2.05) is 13.8 Å². The van der Waals surface area contributed by atoms with E-state index in [4.69, 9.17) is 0 Å². The number of carbonyl (C=O) groups is 2. The maximum atomic E-state index is 13.9. The second-order valence-corrected chi connectivity index (χ2v) is 14.2. The van der Waals surface area contributed by atoms with Gasteiger partial charge in [-0.15, -0.1) is 0 Å². The molecule has 4 rings (SSSR count). The van der Waals surface area contributed by atoms with Gasteiger partial charge in [0.05, 0.1) is 5.60 Å². The topological polar surface area (TPSA) is 54.4 Å². The fourth-order valence-corrected chi connectivity index (χ4v) is 9.18. The number of hydrogen-bond donors (Lipinski definition) is 1. The van der Waals surface area contributed by atoms with Gasteiger partial charge in [0.2, 0.25) is 0 Å². The van der Waals surface area contributed by atoms with Gasteiger partial charge < -0.3 is 5.11 Å². The number of hydrogen-bond acceptors (Lipinski definition) is 3. The quantitative estimate of drug-likeness (QED) is 0.482. The number of rotatable bonds is 5. The van der Waals surface area contributed by atoms with E-state index >= 15 is 0 Å². The van der Waals surface area contributed by atoms with Crippen molar-refractivity contribution in [3.63, 3.8) is 0 Å². The zero-order valence-corrected chi connectivity index (χ0v) is 22.6. The van der Waals surface area contributed by atoms with Gasteiger partial charge in [-0.3, -0.25) is 9.59 Å². The van der Waals surface area contributed by atoms with Gasteiger partial charge in [0, 0.05) is 29.2 Å². The molecule has 0 radical (unpaired) electrons. The average Bonchev–Trinajstić information content (AvgIpc) is 2.97. The summed E-state index contributed by atoms with van der Waals surface area (Å²) in [5.41, 5.74) is 1.71. The van der Waals surface area contributed by atoms with Crippen molar-refractivity contribution < 1.29 is 14.7 Å². The Hall–Kier alpha value is -0.960. The zero-order chi connectivity index (χ0) is 24.6. The maximum Gasteiger partial charge on any atom is 0.159 e. The van der Waals surface area contributed by atoms with E-state index in [0.717, 1.165) is 44.9 Å². The van der Waals surface area contributed by atoms with E-state index in [1.54, 1.807) is 0 Å². The Bertz CT molecular complexity index is 873. The van der Waals surface area contributed by atoms with Gasteiger partial charge in [0.1, 0.15) is 5.78 Å². The first-order valence-corrected chi connectivity index (χ1v) is 13.6. The van der Waals surface area contributed by atoms with Gasteiger partial charge in [0.15, 0.2) is 5.78 Å². The molecule has 0 aliphatic heterocycles. The van der Waals surface area contributed by atoms with Gasteiger partial charge in [-0.1, -0.05) is 60.0 Å². The Morgan fingerprint density at radius 1 is 1.03 bits per heavy atom. The monoisotopic (exact) mass is 456 g/mol. The molecule has 0 aromatic rings. The zero-order valence-electron chi connectivity index (χ0n) is 22.6. The molecule has 33 heavy (non-hydrogen) atoms.